The lowest BCUT2D eigenvalue weighted by atomic mass is 10.1. The first-order valence-electron chi connectivity index (χ1n) is 7.50. The molecule has 2 atom stereocenters. The predicted octanol–water partition coefficient (Wildman–Crippen LogP) is 1.21. The second kappa shape index (κ2) is 7.42. The molecule has 128 valence electrons. The molecule has 0 spiro atoms. The topological polar surface area (TPSA) is 80.1 Å². The summed E-state index contributed by atoms with van der Waals surface area (Å²) in [7, 11) is 0.965. The second-order valence-corrected chi connectivity index (χ2v) is 7.71. The van der Waals surface area contributed by atoms with Crippen LogP contribution >= 0.6 is 11.6 Å². The number of halogens is 1. The largest absolute Gasteiger partial charge is 0.310 e. The molecule has 24 heavy (non-hydrogen) atoms. The highest BCUT2D eigenvalue weighted by molar-refractivity contribution is 7.85. The SMILES string of the molecule is Cn1cc(C2CS(=O)CCN2CC(=O)Nc2ccc(Cl)cn2)cn1. The third-order valence-corrected chi connectivity index (χ3v) is 5.39. The van der Waals surface area contributed by atoms with Crippen molar-refractivity contribution in [3.63, 3.8) is 0 Å². The number of hydrogen-bond acceptors (Lipinski definition) is 5. The number of aryl methyl sites for hydroxylation is 1. The molecule has 3 heterocycles. The lowest BCUT2D eigenvalue weighted by Gasteiger charge is -2.34. The van der Waals surface area contributed by atoms with E-state index in [9.17, 15) is 9.00 Å². The van der Waals surface area contributed by atoms with Crippen LogP contribution in [0.5, 0.6) is 0 Å². The molecule has 1 aliphatic heterocycles. The highest BCUT2D eigenvalue weighted by atomic mass is 35.5. The molecule has 2 unspecified atom stereocenters. The summed E-state index contributed by atoms with van der Waals surface area (Å²) in [5.41, 5.74) is 0.975. The van der Waals surface area contributed by atoms with Gasteiger partial charge in [0.25, 0.3) is 0 Å². The van der Waals surface area contributed by atoms with E-state index in [0.29, 0.717) is 28.9 Å². The molecule has 1 N–H and O–H groups in total. The van der Waals surface area contributed by atoms with Crippen LogP contribution < -0.4 is 5.32 Å². The number of amides is 1. The van der Waals surface area contributed by atoms with Crippen LogP contribution in [0.4, 0.5) is 5.82 Å². The van der Waals surface area contributed by atoms with Gasteiger partial charge in [-0.3, -0.25) is 18.6 Å². The fourth-order valence-electron chi connectivity index (χ4n) is 2.66. The minimum Gasteiger partial charge on any atom is -0.310 e. The molecule has 0 aromatic carbocycles. The zero-order valence-corrected chi connectivity index (χ0v) is 14.8. The normalized spacial score (nSPS) is 21.6. The van der Waals surface area contributed by atoms with Gasteiger partial charge in [-0.25, -0.2) is 4.98 Å². The summed E-state index contributed by atoms with van der Waals surface area (Å²) in [5, 5.41) is 7.45. The first-order valence-corrected chi connectivity index (χ1v) is 9.37. The molecule has 0 bridgehead atoms. The van der Waals surface area contributed by atoms with Crippen molar-refractivity contribution in [2.45, 2.75) is 6.04 Å². The van der Waals surface area contributed by atoms with Crippen LogP contribution in [0.2, 0.25) is 5.02 Å². The molecule has 1 saturated heterocycles. The summed E-state index contributed by atoms with van der Waals surface area (Å²) in [6.45, 7) is 0.814. The zero-order chi connectivity index (χ0) is 17.1. The lowest BCUT2D eigenvalue weighted by molar-refractivity contribution is -0.117. The summed E-state index contributed by atoms with van der Waals surface area (Å²) in [6, 6.07) is 3.26. The van der Waals surface area contributed by atoms with Gasteiger partial charge in [0, 0.05) is 59.9 Å². The number of hydrogen-bond donors (Lipinski definition) is 1. The Morgan fingerprint density at radius 3 is 2.96 bits per heavy atom. The molecular weight excluding hydrogens is 350 g/mol. The van der Waals surface area contributed by atoms with Crippen molar-refractivity contribution in [2.75, 3.05) is 29.9 Å². The third kappa shape index (κ3) is 4.19. The minimum atomic E-state index is -0.875. The Morgan fingerprint density at radius 1 is 1.46 bits per heavy atom. The van der Waals surface area contributed by atoms with Crippen LogP contribution in [0.25, 0.3) is 0 Å². The van der Waals surface area contributed by atoms with Crippen LogP contribution in [0.3, 0.4) is 0 Å². The molecule has 1 amide bonds. The smallest absolute Gasteiger partial charge is 0.239 e. The van der Waals surface area contributed by atoms with Gasteiger partial charge in [-0.2, -0.15) is 5.10 Å². The molecule has 2 aromatic heterocycles. The molecule has 1 aliphatic rings. The summed E-state index contributed by atoms with van der Waals surface area (Å²) < 4.78 is 13.7. The molecule has 7 nitrogen and oxygen atoms in total. The van der Waals surface area contributed by atoms with Gasteiger partial charge in [0.1, 0.15) is 5.82 Å². The van der Waals surface area contributed by atoms with Gasteiger partial charge >= 0.3 is 0 Å². The Hall–Kier alpha value is -1.77. The Morgan fingerprint density at radius 2 is 2.29 bits per heavy atom. The van der Waals surface area contributed by atoms with E-state index in [2.05, 4.69) is 15.4 Å². The van der Waals surface area contributed by atoms with Crippen LogP contribution in [-0.2, 0) is 22.6 Å². The summed E-state index contributed by atoms with van der Waals surface area (Å²) in [4.78, 5) is 18.4. The number of carbonyl (C=O) groups excluding carboxylic acids is 1. The van der Waals surface area contributed by atoms with E-state index in [1.165, 1.54) is 6.20 Å². The minimum absolute atomic E-state index is 0.0720. The quantitative estimate of drug-likeness (QED) is 0.878. The molecule has 2 aromatic rings. The van der Waals surface area contributed by atoms with Crippen LogP contribution in [0, 0.1) is 0 Å². The lowest BCUT2D eigenvalue weighted by Crippen LogP contribution is -2.44. The maximum absolute atomic E-state index is 12.3. The van der Waals surface area contributed by atoms with Crippen molar-refractivity contribution in [1.29, 1.82) is 0 Å². The number of pyridine rings is 1. The van der Waals surface area contributed by atoms with Crippen molar-refractivity contribution in [3.8, 4) is 0 Å². The highest BCUT2D eigenvalue weighted by Crippen LogP contribution is 2.24. The van der Waals surface area contributed by atoms with E-state index >= 15 is 0 Å². The molecule has 3 rings (SSSR count). The van der Waals surface area contributed by atoms with E-state index < -0.39 is 10.8 Å². The fraction of sp³-hybridized carbons (Fsp3) is 0.400. The Balaban J connectivity index is 1.68. The van der Waals surface area contributed by atoms with E-state index in [0.717, 1.165) is 5.56 Å². The van der Waals surface area contributed by atoms with Gasteiger partial charge < -0.3 is 5.32 Å². The molecule has 1 fully saturated rings. The zero-order valence-electron chi connectivity index (χ0n) is 13.2. The Labute approximate surface area is 147 Å². The fourth-order valence-corrected chi connectivity index (χ4v) is 4.14. The standard InChI is InChI=1S/C15H18ClN5O2S/c1-20-8-11(6-18-20)13-10-24(23)5-4-21(13)9-15(22)19-14-3-2-12(16)7-17-14/h2-3,6-8,13H,4-5,9-10H2,1H3,(H,17,19,22). The van der Waals surface area contributed by atoms with Crippen molar-refractivity contribution >= 4 is 34.1 Å². The number of aromatic nitrogens is 3. The molecular formula is C15H18ClN5O2S. The van der Waals surface area contributed by atoms with Gasteiger partial charge in [0.05, 0.1) is 17.8 Å². The molecule has 0 aliphatic carbocycles. The van der Waals surface area contributed by atoms with Gasteiger partial charge in [-0.15, -0.1) is 0 Å². The van der Waals surface area contributed by atoms with Crippen LogP contribution in [-0.4, -0.2) is 54.4 Å². The van der Waals surface area contributed by atoms with Crippen molar-refractivity contribution in [1.82, 2.24) is 19.7 Å². The first kappa shape index (κ1) is 17.1. The first-order chi connectivity index (χ1) is 11.5. The summed E-state index contributed by atoms with van der Waals surface area (Å²) in [6.07, 6.45) is 5.15. The van der Waals surface area contributed by atoms with Gasteiger partial charge in [0.15, 0.2) is 0 Å². The van der Waals surface area contributed by atoms with Gasteiger partial charge in [0.2, 0.25) is 5.91 Å². The highest BCUT2D eigenvalue weighted by Gasteiger charge is 2.30. The van der Waals surface area contributed by atoms with E-state index in [1.807, 2.05) is 18.1 Å². The average Bonchev–Trinajstić information content (AvgIpc) is 2.98. The molecule has 0 saturated carbocycles. The van der Waals surface area contributed by atoms with Crippen molar-refractivity contribution < 1.29 is 9.00 Å². The second-order valence-electron chi connectivity index (χ2n) is 5.65. The third-order valence-electron chi connectivity index (χ3n) is 3.84. The summed E-state index contributed by atoms with van der Waals surface area (Å²) >= 11 is 5.79. The molecule has 0 radical (unpaired) electrons. The predicted molar refractivity (Wildman–Crippen MR) is 93.3 cm³/mol. The Bertz CT molecular complexity index is 749. The van der Waals surface area contributed by atoms with Crippen molar-refractivity contribution in [3.05, 3.63) is 41.3 Å². The summed E-state index contributed by atoms with van der Waals surface area (Å²) in [5.74, 6) is 1.39. The maximum atomic E-state index is 12.3. The van der Waals surface area contributed by atoms with E-state index in [-0.39, 0.29) is 18.5 Å². The van der Waals surface area contributed by atoms with Gasteiger partial charge in [-0.1, -0.05) is 11.6 Å². The van der Waals surface area contributed by atoms with Crippen LogP contribution in [0.1, 0.15) is 11.6 Å². The number of anilines is 1. The number of carbonyl (C=O) groups is 1. The van der Waals surface area contributed by atoms with Crippen LogP contribution in [0.15, 0.2) is 30.7 Å². The molecule has 9 heteroatoms. The van der Waals surface area contributed by atoms with E-state index in [1.54, 1.807) is 23.0 Å². The van der Waals surface area contributed by atoms with Crippen molar-refractivity contribution in [2.24, 2.45) is 7.05 Å². The van der Waals surface area contributed by atoms with E-state index in [4.69, 9.17) is 11.6 Å². The Kier molecular flexibility index (Phi) is 5.27. The maximum Gasteiger partial charge on any atom is 0.239 e. The number of nitrogens with zero attached hydrogens (tertiary/aromatic N) is 4. The number of rotatable bonds is 4. The van der Waals surface area contributed by atoms with Gasteiger partial charge in [-0.05, 0) is 12.1 Å². The number of nitrogens with one attached hydrogen (secondary N) is 1. The average molecular weight is 368 g/mol. The monoisotopic (exact) mass is 367 g/mol.